The van der Waals surface area contributed by atoms with Gasteiger partial charge < -0.3 is 9.84 Å². The van der Waals surface area contributed by atoms with Crippen molar-refractivity contribution in [2.75, 3.05) is 18.9 Å². The van der Waals surface area contributed by atoms with Gasteiger partial charge in [-0.1, -0.05) is 29.3 Å². The Morgan fingerprint density at radius 1 is 1.21 bits per heavy atom. The van der Waals surface area contributed by atoms with Crippen molar-refractivity contribution in [2.45, 2.75) is 16.7 Å². The van der Waals surface area contributed by atoms with Crippen LogP contribution in [-0.4, -0.2) is 48.1 Å². The van der Waals surface area contributed by atoms with E-state index in [-0.39, 0.29) is 21.0 Å². The minimum absolute atomic E-state index is 0.208. The van der Waals surface area contributed by atoms with Crippen molar-refractivity contribution in [3.63, 3.8) is 0 Å². The van der Waals surface area contributed by atoms with Gasteiger partial charge in [-0.3, -0.25) is 0 Å². The van der Waals surface area contributed by atoms with E-state index in [1.807, 2.05) is 0 Å². The predicted molar refractivity (Wildman–Crippen MR) is 110 cm³/mol. The number of sulfonamides is 1. The Kier molecular flexibility index (Phi) is 6.77. The van der Waals surface area contributed by atoms with Crippen LogP contribution < -0.4 is 4.74 Å². The average Bonchev–Trinajstić information content (AvgIpc) is 3.10. The number of hydrogen-bond acceptors (Lipinski definition) is 5. The molecular weight excluding hydrogens is 445 g/mol. The van der Waals surface area contributed by atoms with Crippen molar-refractivity contribution in [2.24, 2.45) is 0 Å². The van der Waals surface area contributed by atoms with Crippen LogP contribution in [0.15, 0.2) is 47.4 Å². The molecule has 0 spiro atoms. The molecule has 0 saturated carbocycles. The summed E-state index contributed by atoms with van der Waals surface area (Å²) in [6, 6.07) is 11.1. The Labute approximate surface area is 177 Å². The molecule has 0 amide bonds. The van der Waals surface area contributed by atoms with Gasteiger partial charge in [-0.15, -0.1) is 11.8 Å². The summed E-state index contributed by atoms with van der Waals surface area (Å²) in [5.74, 6) is -0.117. The van der Waals surface area contributed by atoms with Crippen molar-refractivity contribution in [1.82, 2.24) is 4.31 Å². The lowest BCUT2D eigenvalue weighted by molar-refractivity contribution is -0.139. The molecule has 10 heteroatoms. The van der Waals surface area contributed by atoms with E-state index in [0.717, 1.165) is 5.56 Å². The average molecular weight is 462 g/mol. The molecule has 1 aliphatic heterocycles. The highest BCUT2D eigenvalue weighted by Crippen LogP contribution is 2.34. The first-order valence-electron chi connectivity index (χ1n) is 8.29. The molecular formula is C18H17Cl2NO5S2. The molecule has 2 aromatic carbocycles. The zero-order valence-electron chi connectivity index (χ0n) is 14.5. The third kappa shape index (κ3) is 4.93. The van der Waals surface area contributed by atoms with Gasteiger partial charge in [0.05, 0.1) is 15.3 Å². The fraction of sp³-hybridized carbons (Fsp3) is 0.278. The smallest absolute Gasteiger partial charge is 0.341 e. The van der Waals surface area contributed by atoms with Crippen molar-refractivity contribution in [3.05, 3.63) is 58.1 Å². The highest BCUT2D eigenvalue weighted by Gasteiger charge is 2.35. The van der Waals surface area contributed by atoms with E-state index in [4.69, 9.17) is 33.0 Å². The maximum absolute atomic E-state index is 13.0. The van der Waals surface area contributed by atoms with Gasteiger partial charge in [0.2, 0.25) is 10.0 Å². The van der Waals surface area contributed by atoms with Gasteiger partial charge in [-0.2, -0.15) is 4.31 Å². The van der Waals surface area contributed by atoms with E-state index >= 15 is 0 Å². The number of thioether (sulfide) groups is 1. The van der Waals surface area contributed by atoms with Gasteiger partial charge in [-0.05, 0) is 48.4 Å². The third-order valence-corrected chi connectivity index (χ3v) is 7.95. The van der Waals surface area contributed by atoms with Gasteiger partial charge in [0.25, 0.3) is 0 Å². The molecule has 0 aromatic heterocycles. The number of hydrogen-bond donors (Lipinski definition) is 1. The number of nitrogens with zero attached hydrogens (tertiary/aromatic N) is 1. The van der Waals surface area contributed by atoms with Crippen molar-refractivity contribution >= 4 is 51.0 Å². The van der Waals surface area contributed by atoms with Crippen LogP contribution in [0.25, 0.3) is 0 Å². The predicted octanol–water partition coefficient (Wildman–Crippen LogP) is 3.76. The number of ether oxygens (including phenoxy) is 1. The van der Waals surface area contributed by atoms with Crippen LogP contribution >= 0.6 is 35.0 Å². The Hall–Kier alpha value is -1.45. The zero-order valence-corrected chi connectivity index (χ0v) is 17.7. The van der Waals surface area contributed by atoms with Crippen LogP contribution in [0.3, 0.4) is 0 Å². The van der Waals surface area contributed by atoms with Gasteiger partial charge in [0, 0.05) is 17.3 Å². The van der Waals surface area contributed by atoms with E-state index in [2.05, 4.69) is 0 Å². The number of halogens is 2. The molecule has 2 aromatic rings. The van der Waals surface area contributed by atoms with Crippen molar-refractivity contribution < 1.29 is 23.1 Å². The van der Waals surface area contributed by atoms with E-state index in [1.165, 1.54) is 16.4 Å². The molecule has 0 bridgehead atoms. The maximum atomic E-state index is 13.0. The van der Waals surface area contributed by atoms with Gasteiger partial charge in [0.1, 0.15) is 5.75 Å². The molecule has 6 nitrogen and oxygen atoms in total. The van der Waals surface area contributed by atoms with Crippen molar-refractivity contribution in [1.29, 1.82) is 0 Å². The number of benzene rings is 2. The first kappa shape index (κ1) is 21.3. The molecule has 1 saturated heterocycles. The number of carboxylic acid groups (broad SMARTS) is 1. The summed E-state index contributed by atoms with van der Waals surface area (Å²) >= 11 is 13.6. The van der Waals surface area contributed by atoms with Crippen LogP contribution in [-0.2, 0) is 21.2 Å². The van der Waals surface area contributed by atoms with Crippen molar-refractivity contribution in [3.8, 4) is 5.75 Å². The lowest BCUT2D eigenvalue weighted by atomic mass is 10.1. The summed E-state index contributed by atoms with van der Waals surface area (Å²) in [6.45, 7) is -0.0571. The lowest BCUT2D eigenvalue weighted by Gasteiger charge is -2.23. The first-order chi connectivity index (χ1) is 13.3. The summed E-state index contributed by atoms with van der Waals surface area (Å²) in [5.41, 5.74) is 0.836. The monoisotopic (exact) mass is 461 g/mol. The van der Waals surface area contributed by atoms with E-state index < -0.39 is 22.6 Å². The van der Waals surface area contributed by atoms with Crippen LogP contribution in [0.5, 0.6) is 5.75 Å². The fourth-order valence-electron chi connectivity index (χ4n) is 2.81. The molecule has 1 atom stereocenters. The highest BCUT2D eigenvalue weighted by atomic mass is 35.5. The second-order valence-corrected chi connectivity index (χ2v) is 10.1. The van der Waals surface area contributed by atoms with E-state index in [0.29, 0.717) is 23.7 Å². The largest absolute Gasteiger partial charge is 0.480 e. The van der Waals surface area contributed by atoms with Crippen LogP contribution in [0.4, 0.5) is 0 Å². The second kappa shape index (κ2) is 8.92. The van der Waals surface area contributed by atoms with Crippen LogP contribution in [0.2, 0.25) is 10.0 Å². The molecule has 1 unspecified atom stereocenters. The van der Waals surface area contributed by atoms with E-state index in [1.54, 1.807) is 42.1 Å². The quantitative estimate of drug-likeness (QED) is 0.675. The third-order valence-electron chi connectivity index (χ3n) is 4.12. The molecule has 0 radical (unpaired) electrons. The first-order valence-corrected chi connectivity index (χ1v) is 11.5. The molecule has 28 heavy (non-hydrogen) atoms. The second-order valence-electron chi connectivity index (χ2n) is 6.05. The number of carboxylic acids is 1. The molecule has 0 aliphatic carbocycles. The highest BCUT2D eigenvalue weighted by molar-refractivity contribution is 8.01. The molecule has 1 aliphatic rings. The van der Waals surface area contributed by atoms with E-state index in [9.17, 15) is 13.2 Å². The summed E-state index contributed by atoms with van der Waals surface area (Å²) in [5, 5.41) is 9.19. The zero-order chi connectivity index (χ0) is 20.3. The van der Waals surface area contributed by atoms with Crippen LogP contribution in [0, 0.1) is 0 Å². The lowest BCUT2D eigenvalue weighted by Crippen LogP contribution is -2.36. The van der Waals surface area contributed by atoms with Gasteiger partial charge >= 0.3 is 5.97 Å². The summed E-state index contributed by atoms with van der Waals surface area (Å²) in [4.78, 5) is 10.8. The molecule has 1 N–H and O–H groups in total. The van der Waals surface area contributed by atoms with Gasteiger partial charge in [0.15, 0.2) is 6.61 Å². The SMILES string of the molecule is O=C(O)COc1ccc(CC2SCCN2S(=O)(=O)c2ccc(Cl)cc2)cc1Cl. The van der Waals surface area contributed by atoms with Crippen LogP contribution in [0.1, 0.15) is 5.56 Å². The maximum Gasteiger partial charge on any atom is 0.341 e. The summed E-state index contributed by atoms with van der Waals surface area (Å²) in [7, 11) is -3.63. The minimum atomic E-state index is -3.63. The Balaban J connectivity index is 1.75. The molecule has 1 fully saturated rings. The Morgan fingerprint density at radius 2 is 1.93 bits per heavy atom. The standard InChI is InChI=1S/C18H17Cl2NO5S2/c19-13-2-4-14(5-3-13)28(24,25)21-7-8-27-17(21)10-12-1-6-16(15(20)9-12)26-11-18(22)23/h1-6,9,17H,7-8,10-11H2,(H,22,23). The fourth-order valence-corrected chi connectivity index (χ4v) is 6.46. The number of aliphatic carboxylic acids is 1. The molecule has 1 heterocycles. The molecule has 3 rings (SSSR count). The topological polar surface area (TPSA) is 83.9 Å². The Morgan fingerprint density at radius 3 is 2.57 bits per heavy atom. The minimum Gasteiger partial charge on any atom is -0.480 e. The number of carbonyl (C=O) groups is 1. The summed E-state index contributed by atoms with van der Waals surface area (Å²) in [6.07, 6.45) is 0.469. The summed E-state index contributed by atoms with van der Waals surface area (Å²) < 4.78 is 32.6. The molecule has 150 valence electrons. The number of rotatable bonds is 7. The normalized spacial score (nSPS) is 17.6. The Bertz CT molecular complexity index is 966. The van der Waals surface area contributed by atoms with Gasteiger partial charge in [-0.25, -0.2) is 13.2 Å².